The van der Waals surface area contributed by atoms with Crippen LogP contribution >= 0.6 is 11.3 Å². The molecule has 4 nitrogen and oxygen atoms in total. The van der Waals surface area contributed by atoms with E-state index in [1.54, 1.807) is 12.4 Å². The second kappa shape index (κ2) is 6.66. The number of pyridine rings is 1. The van der Waals surface area contributed by atoms with E-state index >= 15 is 0 Å². The van der Waals surface area contributed by atoms with Crippen LogP contribution in [0.1, 0.15) is 22.8 Å². The number of amides is 1. The minimum atomic E-state index is -0.367. The molecule has 0 bridgehead atoms. The van der Waals surface area contributed by atoms with Gasteiger partial charge in [-0.3, -0.25) is 9.78 Å². The molecule has 5 heteroatoms. The molecule has 0 saturated carbocycles. The highest BCUT2D eigenvalue weighted by atomic mass is 32.1. The van der Waals surface area contributed by atoms with Crippen molar-refractivity contribution in [1.29, 1.82) is 5.26 Å². The molecule has 0 radical (unpaired) electrons. The van der Waals surface area contributed by atoms with Crippen molar-refractivity contribution < 1.29 is 4.79 Å². The standard InChI is InChI=1S/C14H13N3OS/c15-8-12(13-4-2-6-19-13)7-14(18)17-10-11-3-1-5-16-9-11/h1-6,9,12H,7,10H2,(H,17,18). The summed E-state index contributed by atoms with van der Waals surface area (Å²) in [5.41, 5.74) is 0.945. The first-order valence-electron chi connectivity index (χ1n) is 5.88. The number of aromatic nitrogens is 1. The lowest BCUT2D eigenvalue weighted by Gasteiger charge is -2.08. The molecule has 0 spiro atoms. The predicted octanol–water partition coefficient (Wildman–Crippen LogP) is 2.46. The lowest BCUT2D eigenvalue weighted by molar-refractivity contribution is -0.121. The van der Waals surface area contributed by atoms with E-state index < -0.39 is 0 Å². The Morgan fingerprint density at radius 2 is 2.37 bits per heavy atom. The van der Waals surface area contributed by atoms with Gasteiger partial charge in [0, 0.05) is 30.2 Å². The Bertz CT molecular complexity index is 560. The van der Waals surface area contributed by atoms with Gasteiger partial charge >= 0.3 is 0 Å². The van der Waals surface area contributed by atoms with Crippen molar-refractivity contribution in [1.82, 2.24) is 10.3 Å². The van der Waals surface area contributed by atoms with E-state index in [1.165, 1.54) is 11.3 Å². The number of rotatable bonds is 5. The molecule has 2 aromatic heterocycles. The lowest BCUT2D eigenvalue weighted by atomic mass is 10.1. The molecular formula is C14H13N3OS. The summed E-state index contributed by atoms with van der Waals surface area (Å²) in [6.07, 6.45) is 3.59. The van der Waals surface area contributed by atoms with Crippen LogP contribution in [0.2, 0.25) is 0 Å². The topological polar surface area (TPSA) is 65.8 Å². The molecule has 1 unspecified atom stereocenters. The van der Waals surface area contributed by atoms with E-state index in [0.717, 1.165) is 10.4 Å². The van der Waals surface area contributed by atoms with E-state index in [4.69, 9.17) is 5.26 Å². The fourth-order valence-electron chi connectivity index (χ4n) is 1.66. The van der Waals surface area contributed by atoms with Crippen molar-refractivity contribution in [3.8, 4) is 6.07 Å². The summed E-state index contributed by atoms with van der Waals surface area (Å²) in [7, 11) is 0. The molecule has 2 rings (SSSR count). The van der Waals surface area contributed by atoms with Crippen LogP contribution in [-0.4, -0.2) is 10.9 Å². The average Bonchev–Trinajstić information content (AvgIpc) is 2.97. The van der Waals surface area contributed by atoms with E-state index in [1.807, 2.05) is 29.6 Å². The quantitative estimate of drug-likeness (QED) is 0.908. The van der Waals surface area contributed by atoms with Gasteiger partial charge in [-0.15, -0.1) is 11.3 Å². The summed E-state index contributed by atoms with van der Waals surface area (Å²) >= 11 is 1.50. The zero-order valence-corrected chi connectivity index (χ0v) is 11.1. The highest BCUT2D eigenvalue weighted by Gasteiger charge is 2.16. The van der Waals surface area contributed by atoms with Crippen molar-refractivity contribution in [2.75, 3.05) is 0 Å². The van der Waals surface area contributed by atoms with E-state index in [0.29, 0.717) is 6.54 Å². The molecule has 0 saturated heterocycles. The van der Waals surface area contributed by atoms with Crippen LogP contribution in [0.25, 0.3) is 0 Å². The number of carbonyl (C=O) groups excluding carboxylic acids is 1. The van der Waals surface area contributed by atoms with Crippen LogP contribution in [0.4, 0.5) is 0 Å². The van der Waals surface area contributed by atoms with Crippen LogP contribution in [-0.2, 0) is 11.3 Å². The first kappa shape index (κ1) is 13.2. The van der Waals surface area contributed by atoms with Gasteiger partial charge in [0.1, 0.15) is 0 Å². The van der Waals surface area contributed by atoms with Crippen LogP contribution < -0.4 is 5.32 Å². The van der Waals surface area contributed by atoms with Gasteiger partial charge < -0.3 is 5.32 Å². The number of nitrogens with zero attached hydrogens (tertiary/aromatic N) is 2. The third kappa shape index (κ3) is 3.90. The molecule has 0 aromatic carbocycles. The number of carbonyl (C=O) groups is 1. The summed E-state index contributed by atoms with van der Waals surface area (Å²) in [5, 5.41) is 13.8. The Labute approximate surface area is 115 Å². The Kier molecular flexibility index (Phi) is 4.65. The number of nitrogens with one attached hydrogen (secondary N) is 1. The first-order valence-corrected chi connectivity index (χ1v) is 6.76. The molecule has 19 heavy (non-hydrogen) atoms. The first-order chi connectivity index (χ1) is 9.29. The number of thiophene rings is 1. The summed E-state index contributed by atoms with van der Waals surface area (Å²) in [5.74, 6) is -0.488. The van der Waals surface area contributed by atoms with Crippen molar-refractivity contribution in [3.63, 3.8) is 0 Å². The summed E-state index contributed by atoms with van der Waals surface area (Å²) in [6, 6.07) is 9.66. The van der Waals surface area contributed by atoms with Crippen LogP contribution in [0.5, 0.6) is 0 Å². The molecule has 1 N–H and O–H groups in total. The lowest BCUT2D eigenvalue weighted by Crippen LogP contribution is -2.24. The fraction of sp³-hybridized carbons (Fsp3) is 0.214. The Hall–Kier alpha value is -2.19. The molecule has 0 aliphatic carbocycles. The predicted molar refractivity (Wildman–Crippen MR) is 73.4 cm³/mol. The number of hydrogen-bond acceptors (Lipinski definition) is 4. The average molecular weight is 271 g/mol. The summed E-state index contributed by atoms with van der Waals surface area (Å²) in [6.45, 7) is 0.440. The van der Waals surface area contributed by atoms with E-state index in [2.05, 4.69) is 16.4 Å². The zero-order chi connectivity index (χ0) is 13.5. The molecule has 1 amide bonds. The molecule has 0 fully saturated rings. The molecule has 2 aromatic rings. The second-order valence-electron chi connectivity index (χ2n) is 4.04. The van der Waals surface area contributed by atoms with E-state index in [-0.39, 0.29) is 18.2 Å². The van der Waals surface area contributed by atoms with Crippen molar-refractivity contribution in [3.05, 3.63) is 52.5 Å². The van der Waals surface area contributed by atoms with Gasteiger partial charge in [-0.25, -0.2) is 0 Å². The maximum atomic E-state index is 11.8. The third-order valence-corrected chi connectivity index (χ3v) is 3.63. The molecule has 0 aliphatic rings. The van der Waals surface area contributed by atoms with Crippen LogP contribution in [0, 0.1) is 11.3 Å². The smallest absolute Gasteiger partial charge is 0.221 e. The van der Waals surface area contributed by atoms with Gasteiger partial charge in [0.25, 0.3) is 0 Å². The van der Waals surface area contributed by atoms with Crippen LogP contribution in [0.3, 0.4) is 0 Å². The largest absolute Gasteiger partial charge is 0.352 e. The molecule has 0 aliphatic heterocycles. The van der Waals surface area contributed by atoms with Crippen molar-refractivity contribution in [2.24, 2.45) is 0 Å². The Morgan fingerprint density at radius 3 is 3.00 bits per heavy atom. The van der Waals surface area contributed by atoms with E-state index in [9.17, 15) is 4.79 Å². The van der Waals surface area contributed by atoms with Gasteiger partial charge in [0.05, 0.1) is 12.0 Å². The highest BCUT2D eigenvalue weighted by molar-refractivity contribution is 7.10. The molecule has 96 valence electrons. The minimum Gasteiger partial charge on any atom is -0.352 e. The SMILES string of the molecule is N#CC(CC(=O)NCc1cccnc1)c1cccs1. The van der Waals surface area contributed by atoms with Gasteiger partial charge in [-0.1, -0.05) is 12.1 Å². The van der Waals surface area contributed by atoms with Gasteiger partial charge in [-0.2, -0.15) is 5.26 Å². The van der Waals surface area contributed by atoms with Gasteiger partial charge in [-0.05, 0) is 23.1 Å². The molecule has 1 atom stereocenters. The Morgan fingerprint density at radius 1 is 1.47 bits per heavy atom. The number of hydrogen-bond donors (Lipinski definition) is 1. The summed E-state index contributed by atoms with van der Waals surface area (Å²) < 4.78 is 0. The van der Waals surface area contributed by atoms with Crippen molar-refractivity contribution >= 4 is 17.2 Å². The highest BCUT2D eigenvalue weighted by Crippen LogP contribution is 2.23. The zero-order valence-electron chi connectivity index (χ0n) is 10.2. The maximum absolute atomic E-state index is 11.8. The monoisotopic (exact) mass is 271 g/mol. The normalized spacial score (nSPS) is 11.5. The fourth-order valence-corrected chi connectivity index (χ4v) is 2.43. The number of nitriles is 1. The molecular weight excluding hydrogens is 258 g/mol. The molecule has 2 heterocycles. The van der Waals surface area contributed by atoms with Gasteiger partial charge in [0.15, 0.2) is 0 Å². The van der Waals surface area contributed by atoms with Gasteiger partial charge in [0.2, 0.25) is 5.91 Å². The minimum absolute atomic E-state index is 0.121. The Balaban J connectivity index is 1.86. The van der Waals surface area contributed by atoms with Crippen LogP contribution in [0.15, 0.2) is 42.0 Å². The maximum Gasteiger partial charge on any atom is 0.221 e. The second-order valence-corrected chi connectivity index (χ2v) is 5.02. The summed E-state index contributed by atoms with van der Waals surface area (Å²) in [4.78, 5) is 16.7. The third-order valence-electron chi connectivity index (χ3n) is 2.64. The van der Waals surface area contributed by atoms with Crippen molar-refractivity contribution in [2.45, 2.75) is 18.9 Å².